The van der Waals surface area contributed by atoms with Gasteiger partial charge in [-0.1, -0.05) is 6.07 Å². The molecule has 5 nitrogen and oxygen atoms in total. The molecule has 2 aromatic heterocycles. The lowest BCUT2D eigenvalue weighted by atomic mass is 10.1. The molecule has 1 aliphatic rings. The van der Waals surface area contributed by atoms with Crippen LogP contribution in [0.3, 0.4) is 0 Å². The fraction of sp³-hybridized carbons (Fsp3) is 0.118. The molecule has 0 aliphatic carbocycles. The van der Waals surface area contributed by atoms with Crippen molar-refractivity contribution in [2.75, 3.05) is 4.90 Å². The first-order valence-electron chi connectivity index (χ1n) is 7.31. The Hall–Kier alpha value is -3.00. The Morgan fingerprint density at radius 3 is 2.68 bits per heavy atom. The lowest BCUT2D eigenvalue weighted by molar-refractivity contribution is -0.137. The van der Waals surface area contributed by atoms with Gasteiger partial charge in [-0.15, -0.1) is 0 Å². The highest BCUT2D eigenvalue weighted by Crippen LogP contribution is 2.38. The van der Waals surface area contributed by atoms with E-state index in [4.69, 9.17) is 0 Å². The first-order valence-corrected chi connectivity index (χ1v) is 7.31. The molecule has 1 N–H and O–H groups in total. The lowest BCUT2D eigenvalue weighted by Gasteiger charge is -2.19. The number of hydrogen-bond acceptors (Lipinski definition) is 4. The van der Waals surface area contributed by atoms with Crippen molar-refractivity contribution in [2.45, 2.75) is 12.4 Å². The third-order valence-electron chi connectivity index (χ3n) is 4.05. The highest BCUT2D eigenvalue weighted by Gasteiger charge is 2.40. The third kappa shape index (κ3) is 2.42. The number of aliphatic hydroxyl groups excluding tert-OH is 1. The van der Waals surface area contributed by atoms with E-state index in [1.54, 1.807) is 18.2 Å². The highest BCUT2D eigenvalue weighted by molar-refractivity contribution is 6.10. The van der Waals surface area contributed by atoms with E-state index in [1.807, 2.05) is 0 Å². The van der Waals surface area contributed by atoms with Gasteiger partial charge in [0, 0.05) is 22.7 Å². The monoisotopic (exact) mass is 345 g/mol. The number of carbonyl (C=O) groups excluding carboxylic acids is 1. The Morgan fingerprint density at radius 2 is 1.92 bits per heavy atom. The van der Waals surface area contributed by atoms with Crippen LogP contribution in [0.25, 0.3) is 11.0 Å². The van der Waals surface area contributed by atoms with Crippen molar-refractivity contribution in [3.8, 4) is 0 Å². The molecule has 1 atom stereocenters. The summed E-state index contributed by atoms with van der Waals surface area (Å²) in [6.45, 7) is 0. The number of rotatable bonds is 1. The van der Waals surface area contributed by atoms with Gasteiger partial charge in [0.05, 0.1) is 5.56 Å². The molecule has 1 aliphatic heterocycles. The van der Waals surface area contributed by atoms with Gasteiger partial charge in [0.2, 0.25) is 0 Å². The molecule has 1 amide bonds. The van der Waals surface area contributed by atoms with Gasteiger partial charge in [-0.3, -0.25) is 9.69 Å². The maximum Gasteiger partial charge on any atom is 0.416 e. The van der Waals surface area contributed by atoms with E-state index in [0.717, 1.165) is 28.5 Å². The van der Waals surface area contributed by atoms with Crippen LogP contribution in [-0.2, 0) is 6.18 Å². The number of alkyl halides is 3. The second-order valence-electron chi connectivity index (χ2n) is 5.57. The molecule has 0 fully saturated rings. The molecule has 0 radical (unpaired) electrons. The number of pyridine rings is 2. The molecule has 8 heteroatoms. The molecule has 4 rings (SSSR count). The molecular weight excluding hydrogens is 335 g/mol. The fourth-order valence-corrected chi connectivity index (χ4v) is 2.83. The summed E-state index contributed by atoms with van der Waals surface area (Å²) >= 11 is 0. The minimum atomic E-state index is -4.57. The molecular formula is C17H10F3N3O2. The molecule has 25 heavy (non-hydrogen) atoms. The van der Waals surface area contributed by atoms with Crippen molar-refractivity contribution in [2.24, 2.45) is 0 Å². The Morgan fingerprint density at radius 1 is 1.12 bits per heavy atom. The number of hydrogen-bond donors (Lipinski definition) is 1. The summed E-state index contributed by atoms with van der Waals surface area (Å²) in [5.74, 6) is -0.621. The third-order valence-corrected chi connectivity index (χ3v) is 4.05. The van der Waals surface area contributed by atoms with Gasteiger partial charge >= 0.3 is 6.18 Å². The van der Waals surface area contributed by atoms with Crippen LogP contribution in [0.1, 0.15) is 27.7 Å². The normalized spacial score (nSPS) is 17.2. The first-order chi connectivity index (χ1) is 11.9. The summed E-state index contributed by atoms with van der Waals surface area (Å²) in [4.78, 5) is 21.8. The maximum absolute atomic E-state index is 12.9. The van der Waals surface area contributed by atoms with Crippen molar-refractivity contribution in [3.05, 3.63) is 65.4 Å². The van der Waals surface area contributed by atoms with E-state index in [0.29, 0.717) is 5.65 Å². The van der Waals surface area contributed by atoms with Crippen LogP contribution >= 0.6 is 0 Å². The summed E-state index contributed by atoms with van der Waals surface area (Å²) in [5.41, 5.74) is -0.653. The largest absolute Gasteiger partial charge is 0.416 e. The zero-order chi connectivity index (χ0) is 17.8. The SMILES string of the molecule is O=C1c2cc(C(F)(F)F)ccc2C(O)N1c1ccc2cccnc2n1. The van der Waals surface area contributed by atoms with Crippen LogP contribution in [0.4, 0.5) is 19.0 Å². The summed E-state index contributed by atoms with van der Waals surface area (Å²) in [6.07, 6.45) is -4.44. The number of aliphatic hydroxyl groups is 1. The molecule has 1 unspecified atom stereocenters. The van der Waals surface area contributed by atoms with E-state index in [1.165, 1.54) is 12.3 Å². The van der Waals surface area contributed by atoms with Crippen LogP contribution < -0.4 is 4.90 Å². The summed E-state index contributed by atoms with van der Waals surface area (Å²) in [6, 6.07) is 9.41. The van der Waals surface area contributed by atoms with Gasteiger partial charge in [-0.2, -0.15) is 13.2 Å². The summed E-state index contributed by atoms with van der Waals surface area (Å²) < 4.78 is 38.6. The Labute approximate surface area is 139 Å². The van der Waals surface area contributed by atoms with Gasteiger partial charge in [0.15, 0.2) is 11.9 Å². The standard InChI is InChI=1S/C17H10F3N3O2/c18-17(19,20)10-4-5-11-12(8-10)16(25)23(15(11)24)13-6-3-9-2-1-7-21-14(9)22-13/h1-8,15,24H. The minimum absolute atomic E-state index is 0.112. The lowest BCUT2D eigenvalue weighted by Crippen LogP contribution is -2.28. The predicted molar refractivity (Wildman–Crippen MR) is 82.8 cm³/mol. The van der Waals surface area contributed by atoms with Crippen LogP contribution in [0.5, 0.6) is 0 Å². The molecule has 1 aromatic carbocycles. The van der Waals surface area contributed by atoms with Crippen molar-refractivity contribution in [3.63, 3.8) is 0 Å². The van der Waals surface area contributed by atoms with Gasteiger partial charge in [-0.25, -0.2) is 9.97 Å². The van der Waals surface area contributed by atoms with E-state index in [9.17, 15) is 23.1 Å². The summed E-state index contributed by atoms with van der Waals surface area (Å²) in [5, 5.41) is 11.1. The highest BCUT2D eigenvalue weighted by atomic mass is 19.4. The van der Waals surface area contributed by atoms with Gasteiger partial charge < -0.3 is 5.11 Å². The number of fused-ring (bicyclic) bond motifs is 2. The number of amides is 1. The van der Waals surface area contributed by atoms with Crippen molar-refractivity contribution >= 4 is 22.8 Å². The van der Waals surface area contributed by atoms with Crippen LogP contribution in [-0.4, -0.2) is 21.0 Å². The topological polar surface area (TPSA) is 66.3 Å². The Kier molecular flexibility index (Phi) is 3.26. The van der Waals surface area contributed by atoms with Crippen LogP contribution in [0.2, 0.25) is 0 Å². The minimum Gasteiger partial charge on any atom is -0.369 e. The zero-order valence-corrected chi connectivity index (χ0v) is 12.5. The van der Waals surface area contributed by atoms with E-state index < -0.39 is 23.9 Å². The predicted octanol–water partition coefficient (Wildman–Crippen LogP) is 3.30. The number of nitrogens with zero attached hydrogens (tertiary/aromatic N) is 3. The van der Waals surface area contributed by atoms with Crippen molar-refractivity contribution in [1.29, 1.82) is 0 Å². The fourth-order valence-electron chi connectivity index (χ4n) is 2.83. The van der Waals surface area contributed by atoms with E-state index >= 15 is 0 Å². The Bertz CT molecular complexity index is 1000. The molecule has 0 saturated carbocycles. The van der Waals surface area contributed by atoms with Gasteiger partial charge in [-0.05, 0) is 36.4 Å². The number of anilines is 1. The molecule has 0 saturated heterocycles. The van der Waals surface area contributed by atoms with E-state index in [2.05, 4.69) is 9.97 Å². The number of benzene rings is 1. The van der Waals surface area contributed by atoms with E-state index in [-0.39, 0.29) is 16.9 Å². The average Bonchev–Trinajstić information content (AvgIpc) is 2.84. The first kappa shape index (κ1) is 15.5. The average molecular weight is 345 g/mol. The second-order valence-corrected chi connectivity index (χ2v) is 5.57. The van der Waals surface area contributed by atoms with Crippen LogP contribution in [0, 0.1) is 0 Å². The molecule has 3 heterocycles. The number of halogens is 3. The maximum atomic E-state index is 12.9. The molecule has 0 bridgehead atoms. The Balaban J connectivity index is 1.79. The van der Waals surface area contributed by atoms with Crippen molar-refractivity contribution < 1.29 is 23.1 Å². The number of aromatic nitrogens is 2. The molecule has 126 valence electrons. The zero-order valence-electron chi connectivity index (χ0n) is 12.5. The summed E-state index contributed by atoms with van der Waals surface area (Å²) in [7, 11) is 0. The van der Waals surface area contributed by atoms with Gasteiger partial charge in [0.1, 0.15) is 5.82 Å². The van der Waals surface area contributed by atoms with Gasteiger partial charge in [0.25, 0.3) is 5.91 Å². The molecule has 0 spiro atoms. The quantitative estimate of drug-likeness (QED) is 0.735. The second kappa shape index (κ2) is 5.25. The number of carbonyl (C=O) groups is 1. The smallest absolute Gasteiger partial charge is 0.369 e. The van der Waals surface area contributed by atoms with Crippen molar-refractivity contribution in [1.82, 2.24) is 9.97 Å². The molecule has 3 aromatic rings. The van der Waals surface area contributed by atoms with Crippen LogP contribution in [0.15, 0.2) is 48.7 Å².